The third kappa shape index (κ3) is 2.52. The minimum Gasteiger partial charge on any atom is -0.315 e. The first kappa shape index (κ1) is 13.7. The summed E-state index contributed by atoms with van der Waals surface area (Å²) in [7, 11) is 0. The topological polar surface area (TPSA) is 15.3 Å². The lowest BCUT2D eigenvalue weighted by molar-refractivity contribution is 0.0848. The summed E-state index contributed by atoms with van der Waals surface area (Å²) < 4.78 is 0. The van der Waals surface area contributed by atoms with Crippen molar-refractivity contribution >= 4 is 23.2 Å². The molecule has 0 aromatic heterocycles. The van der Waals surface area contributed by atoms with Crippen LogP contribution in [-0.2, 0) is 0 Å². The molecule has 104 valence electrons. The molecule has 3 unspecified atom stereocenters. The van der Waals surface area contributed by atoms with E-state index in [9.17, 15) is 0 Å². The molecule has 19 heavy (non-hydrogen) atoms. The smallest absolute Gasteiger partial charge is 0.0640 e. The lowest BCUT2D eigenvalue weighted by Crippen LogP contribution is -2.46. The van der Waals surface area contributed by atoms with E-state index in [-0.39, 0.29) is 0 Å². The highest BCUT2D eigenvalue weighted by Crippen LogP contribution is 2.37. The summed E-state index contributed by atoms with van der Waals surface area (Å²) in [5, 5.41) is 4.90. The summed E-state index contributed by atoms with van der Waals surface area (Å²) >= 11 is 12.5. The van der Waals surface area contributed by atoms with Gasteiger partial charge in [-0.2, -0.15) is 0 Å². The second-order valence-corrected chi connectivity index (χ2v) is 6.47. The molecule has 0 aliphatic carbocycles. The van der Waals surface area contributed by atoms with Crippen LogP contribution in [0.3, 0.4) is 0 Å². The van der Waals surface area contributed by atoms with Crippen LogP contribution in [0.2, 0.25) is 10.0 Å². The highest BCUT2D eigenvalue weighted by molar-refractivity contribution is 6.42. The summed E-state index contributed by atoms with van der Waals surface area (Å²) in [4.78, 5) is 2.60. The molecule has 2 nitrogen and oxygen atoms in total. The van der Waals surface area contributed by atoms with E-state index in [1.165, 1.54) is 12.8 Å². The van der Waals surface area contributed by atoms with Crippen molar-refractivity contribution in [3.8, 4) is 0 Å². The second-order valence-electron chi connectivity index (χ2n) is 5.68. The van der Waals surface area contributed by atoms with Crippen LogP contribution in [0.25, 0.3) is 0 Å². The van der Waals surface area contributed by atoms with Crippen LogP contribution in [0.5, 0.6) is 0 Å². The zero-order valence-electron chi connectivity index (χ0n) is 11.2. The van der Waals surface area contributed by atoms with Gasteiger partial charge >= 0.3 is 0 Å². The molecule has 0 spiro atoms. The Morgan fingerprint density at radius 2 is 2.16 bits per heavy atom. The Labute approximate surface area is 125 Å². The molecule has 2 saturated heterocycles. The summed E-state index contributed by atoms with van der Waals surface area (Å²) in [5.41, 5.74) is 1.15. The predicted octanol–water partition coefficient (Wildman–Crippen LogP) is 3.74. The van der Waals surface area contributed by atoms with E-state index in [1.54, 1.807) is 0 Å². The molecule has 3 rings (SSSR count). The maximum atomic E-state index is 6.38. The number of hydrogen-bond donors (Lipinski definition) is 1. The van der Waals surface area contributed by atoms with E-state index in [4.69, 9.17) is 23.2 Å². The molecule has 2 aliphatic rings. The number of nitrogens with zero attached hydrogens (tertiary/aromatic N) is 1. The average molecular weight is 299 g/mol. The van der Waals surface area contributed by atoms with E-state index in [2.05, 4.69) is 23.2 Å². The average Bonchev–Trinajstić information content (AvgIpc) is 2.89. The van der Waals surface area contributed by atoms with Gasteiger partial charge in [0.2, 0.25) is 0 Å². The van der Waals surface area contributed by atoms with Gasteiger partial charge in [0.15, 0.2) is 0 Å². The van der Waals surface area contributed by atoms with Gasteiger partial charge in [-0.3, -0.25) is 4.90 Å². The van der Waals surface area contributed by atoms with Gasteiger partial charge in [-0.05, 0) is 50.4 Å². The minimum atomic E-state index is 0.332. The normalized spacial score (nSPS) is 29.2. The number of halogens is 2. The van der Waals surface area contributed by atoms with Crippen LogP contribution < -0.4 is 5.32 Å². The van der Waals surface area contributed by atoms with Crippen molar-refractivity contribution in [1.29, 1.82) is 0 Å². The highest BCUT2D eigenvalue weighted by atomic mass is 35.5. The fourth-order valence-electron chi connectivity index (χ4n) is 3.61. The first-order valence-electron chi connectivity index (χ1n) is 7.09. The molecule has 3 atom stereocenters. The molecule has 0 saturated carbocycles. The third-order valence-corrected chi connectivity index (χ3v) is 5.48. The van der Waals surface area contributed by atoms with Gasteiger partial charge in [0, 0.05) is 18.6 Å². The number of benzene rings is 1. The third-order valence-electron chi connectivity index (χ3n) is 4.65. The van der Waals surface area contributed by atoms with E-state index in [0.29, 0.717) is 22.1 Å². The number of rotatable bonds is 2. The number of likely N-dealkylation sites (tertiary alicyclic amines) is 1. The lowest BCUT2D eigenvalue weighted by Gasteiger charge is -2.41. The zero-order valence-corrected chi connectivity index (χ0v) is 12.7. The van der Waals surface area contributed by atoms with E-state index in [1.807, 2.05) is 12.1 Å². The Balaban J connectivity index is 1.86. The summed E-state index contributed by atoms with van der Waals surface area (Å²) in [5.74, 6) is 0.800. The molecular formula is C15H20Cl2N2. The van der Waals surface area contributed by atoms with Gasteiger partial charge in [-0.25, -0.2) is 0 Å². The fourth-order valence-corrected chi connectivity index (χ4v) is 4.07. The molecule has 0 amide bonds. The predicted molar refractivity (Wildman–Crippen MR) is 81.0 cm³/mol. The second kappa shape index (κ2) is 5.61. The quantitative estimate of drug-likeness (QED) is 0.895. The van der Waals surface area contributed by atoms with Crippen molar-refractivity contribution in [3.05, 3.63) is 33.8 Å². The largest absolute Gasteiger partial charge is 0.315 e. The van der Waals surface area contributed by atoms with Crippen LogP contribution in [0.4, 0.5) is 0 Å². The van der Waals surface area contributed by atoms with Crippen molar-refractivity contribution < 1.29 is 0 Å². The number of piperidine rings is 1. The minimum absolute atomic E-state index is 0.332. The standard InChI is InChI=1S/C15H20Cl2N2/c1-10(12-5-2-6-13(16)15(12)17)19-7-3-4-11-8-18-9-14(11)19/h2,5-6,10-11,14,18H,3-4,7-9H2,1H3. The molecule has 0 bridgehead atoms. The van der Waals surface area contributed by atoms with Crippen LogP contribution in [0.15, 0.2) is 18.2 Å². The Kier molecular flexibility index (Phi) is 4.04. The van der Waals surface area contributed by atoms with Crippen LogP contribution in [0, 0.1) is 5.92 Å². The van der Waals surface area contributed by atoms with Crippen molar-refractivity contribution in [3.63, 3.8) is 0 Å². The van der Waals surface area contributed by atoms with Gasteiger partial charge in [-0.1, -0.05) is 35.3 Å². The molecule has 1 aromatic carbocycles. The molecular weight excluding hydrogens is 279 g/mol. The number of nitrogens with one attached hydrogen (secondary N) is 1. The molecule has 1 aromatic rings. The molecule has 2 heterocycles. The van der Waals surface area contributed by atoms with Gasteiger partial charge < -0.3 is 5.32 Å². The number of fused-ring (bicyclic) bond motifs is 1. The highest BCUT2D eigenvalue weighted by Gasteiger charge is 2.37. The first-order chi connectivity index (χ1) is 9.18. The molecule has 2 fully saturated rings. The van der Waals surface area contributed by atoms with Gasteiger partial charge in [0.1, 0.15) is 0 Å². The summed E-state index contributed by atoms with van der Waals surface area (Å²) in [6, 6.07) is 6.94. The van der Waals surface area contributed by atoms with Crippen molar-refractivity contribution in [2.75, 3.05) is 19.6 Å². The maximum Gasteiger partial charge on any atom is 0.0640 e. The Bertz CT molecular complexity index is 463. The van der Waals surface area contributed by atoms with Gasteiger partial charge in [0.25, 0.3) is 0 Å². The molecule has 2 aliphatic heterocycles. The molecule has 4 heteroatoms. The van der Waals surface area contributed by atoms with Crippen molar-refractivity contribution in [2.24, 2.45) is 5.92 Å². The Hall–Kier alpha value is -0.280. The van der Waals surface area contributed by atoms with Crippen molar-refractivity contribution in [2.45, 2.75) is 31.8 Å². The van der Waals surface area contributed by atoms with Crippen LogP contribution >= 0.6 is 23.2 Å². The number of hydrogen-bond acceptors (Lipinski definition) is 2. The van der Waals surface area contributed by atoms with E-state index in [0.717, 1.165) is 31.1 Å². The Morgan fingerprint density at radius 1 is 1.32 bits per heavy atom. The van der Waals surface area contributed by atoms with E-state index < -0.39 is 0 Å². The summed E-state index contributed by atoms with van der Waals surface area (Å²) in [6.07, 6.45) is 2.63. The first-order valence-corrected chi connectivity index (χ1v) is 7.84. The zero-order chi connectivity index (χ0) is 13.4. The van der Waals surface area contributed by atoms with E-state index >= 15 is 0 Å². The lowest BCUT2D eigenvalue weighted by atomic mass is 9.90. The van der Waals surface area contributed by atoms with Crippen molar-refractivity contribution in [1.82, 2.24) is 10.2 Å². The Morgan fingerprint density at radius 3 is 3.00 bits per heavy atom. The fraction of sp³-hybridized carbons (Fsp3) is 0.600. The molecule has 1 N–H and O–H groups in total. The van der Waals surface area contributed by atoms with Crippen LogP contribution in [0.1, 0.15) is 31.4 Å². The molecule has 0 radical (unpaired) electrons. The van der Waals surface area contributed by atoms with Crippen LogP contribution in [-0.4, -0.2) is 30.6 Å². The summed E-state index contributed by atoms with van der Waals surface area (Å²) in [6.45, 7) is 5.68. The SMILES string of the molecule is CC(c1cccc(Cl)c1Cl)N1CCCC2CNCC21. The maximum absolute atomic E-state index is 6.38. The van der Waals surface area contributed by atoms with Gasteiger partial charge in [0.05, 0.1) is 10.0 Å². The van der Waals surface area contributed by atoms with Gasteiger partial charge in [-0.15, -0.1) is 0 Å². The monoisotopic (exact) mass is 298 g/mol.